The van der Waals surface area contributed by atoms with Crippen molar-refractivity contribution in [1.82, 2.24) is 5.32 Å². The molecular formula is C22H27FN2O4S. The van der Waals surface area contributed by atoms with Crippen LogP contribution in [0.2, 0.25) is 0 Å². The molecule has 0 radical (unpaired) electrons. The molecule has 0 saturated carbocycles. The summed E-state index contributed by atoms with van der Waals surface area (Å²) in [6.07, 6.45) is 1.21. The standard InChI is InChI=1S/C22H27FN2O4S/c1-15-12-25(13-16(2)29-15)21-8-7-17(10-20(21)23)11-24-22(26)19-6-4-5-18(9-19)14-30(3,27)28/h4-10,15-16H,11-14H2,1-3H3,(H,24,26). The first-order valence-corrected chi connectivity index (χ1v) is 11.9. The predicted octanol–water partition coefficient (Wildman–Crippen LogP) is 2.91. The molecular weight excluding hydrogens is 407 g/mol. The first-order chi connectivity index (χ1) is 14.1. The Morgan fingerprint density at radius 3 is 2.47 bits per heavy atom. The van der Waals surface area contributed by atoms with Gasteiger partial charge in [-0.2, -0.15) is 0 Å². The van der Waals surface area contributed by atoms with Gasteiger partial charge >= 0.3 is 0 Å². The maximum absolute atomic E-state index is 14.7. The van der Waals surface area contributed by atoms with Crippen LogP contribution in [0.3, 0.4) is 0 Å². The second-order valence-electron chi connectivity index (χ2n) is 7.90. The molecule has 162 valence electrons. The van der Waals surface area contributed by atoms with Gasteiger partial charge in [-0.1, -0.05) is 18.2 Å². The number of benzene rings is 2. The fourth-order valence-corrected chi connectivity index (χ4v) is 4.47. The zero-order valence-electron chi connectivity index (χ0n) is 17.4. The van der Waals surface area contributed by atoms with Gasteiger partial charge in [0.15, 0.2) is 9.84 Å². The lowest BCUT2D eigenvalue weighted by Crippen LogP contribution is -2.45. The minimum Gasteiger partial charge on any atom is -0.372 e. The van der Waals surface area contributed by atoms with E-state index in [1.54, 1.807) is 36.4 Å². The third-order valence-corrected chi connectivity index (χ3v) is 5.70. The molecule has 0 aliphatic carbocycles. The summed E-state index contributed by atoms with van der Waals surface area (Å²) >= 11 is 0. The summed E-state index contributed by atoms with van der Waals surface area (Å²) in [7, 11) is -3.19. The first kappa shape index (κ1) is 22.2. The number of nitrogens with one attached hydrogen (secondary N) is 1. The Labute approximate surface area is 177 Å². The Morgan fingerprint density at radius 1 is 1.13 bits per heavy atom. The van der Waals surface area contributed by atoms with E-state index in [0.717, 1.165) is 6.26 Å². The highest BCUT2D eigenvalue weighted by atomic mass is 32.2. The van der Waals surface area contributed by atoms with Gasteiger partial charge in [-0.3, -0.25) is 4.79 Å². The number of morpholine rings is 1. The summed E-state index contributed by atoms with van der Waals surface area (Å²) in [4.78, 5) is 14.4. The van der Waals surface area contributed by atoms with Gasteiger partial charge in [0.1, 0.15) is 5.82 Å². The lowest BCUT2D eigenvalue weighted by Gasteiger charge is -2.37. The topological polar surface area (TPSA) is 75.7 Å². The fraction of sp³-hybridized carbons (Fsp3) is 0.409. The van der Waals surface area contributed by atoms with E-state index in [4.69, 9.17) is 4.74 Å². The summed E-state index contributed by atoms with van der Waals surface area (Å²) < 4.78 is 43.3. The van der Waals surface area contributed by atoms with Crippen molar-refractivity contribution < 1.29 is 22.3 Å². The number of carbonyl (C=O) groups excluding carboxylic acids is 1. The number of hydrogen-bond acceptors (Lipinski definition) is 5. The molecule has 8 heteroatoms. The predicted molar refractivity (Wildman–Crippen MR) is 115 cm³/mol. The number of carbonyl (C=O) groups is 1. The smallest absolute Gasteiger partial charge is 0.251 e. The van der Waals surface area contributed by atoms with Gasteiger partial charge in [-0.25, -0.2) is 12.8 Å². The summed E-state index contributed by atoms with van der Waals surface area (Å²) in [6, 6.07) is 11.4. The van der Waals surface area contributed by atoms with Crippen molar-refractivity contribution in [3.8, 4) is 0 Å². The summed E-state index contributed by atoms with van der Waals surface area (Å²) in [5, 5.41) is 2.76. The third-order valence-electron chi connectivity index (χ3n) is 4.84. The van der Waals surface area contributed by atoms with Crippen molar-refractivity contribution in [1.29, 1.82) is 0 Å². The highest BCUT2D eigenvalue weighted by Crippen LogP contribution is 2.24. The molecule has 2 atom stereocenters. The van der Waals surface area contributed by atoms with Crippen molar-refractivity contribution in [2.24, 2.45) is 0 Å². The second kappa shape index (κ2) is 9.14. The quantitative estimate of drug-likeness (QED) is 0.757. The van der Waals surface area contributed by atoms with Gasteiger partial charge in [0.25, 0.3) is 5.91 Å². The Bertz CT molecular complexity index is 1020. The molecule has 1 N–H and O–H groups in total. The SMILES string of the molecule is CC1CN(c2ccc(CNC(=O)c3cccc(CS(C)(=O)=O)c3)cc2F)CC(C)O1. The molecule has 1 fully saturated rings. The number of sulfone groups is 1. The van der Waals surface area contributed by atoms with Crippen LogP contribution < -0.4 is 10.2 Å². The van der Waals surface area contributed by atoms with Crippen molar-refractivity contribution >= 4 is 21.4 Å². The maximum Gasteiger partial charge on any atom is 0.251 e. The number of hydrogen-bond donors (Lipinski definition) is 1. The monoisotopic (exact) mass is 434 g/mol. The summed E-state index contributed by atoms with van der Waals surface area (Å²) in [5.41, 5.74) is 2.09. The molecule has 0 bridgehead atoms. The van der Waals surface area contributed by atoms with E-state index in [-0.39, 0.29) is 36.2 Å². The van der Waals surface area contributed by atoms with Gasteiger partial charge < -0.3 is 15.0 Å². The molecule has 1 heterocycles. The molecule has 2 aromatic rings. The van der Waals surface area contributed by atoms with E-state index in [1.165, 1.54) is 6.07 Å². The van der Waals surface area contributed by atoms with Crippen molar-refractivity contribution in [2.75, 3.05) is 24.2 Å². The summed E-state index contributed by atoms with van der Waals surface area (Å²) in [6.45, 7) is 5.36. The number of amides is 1. The van der Waals surface area contributed by atoms with Crippen molar-refractivity contribution in [2.45, 2.75) is 38.4 Å². The maximum atomic E-state index is 14.7. The zero-order chi connectivity index (χ0) is 21.9. The van der Waals surface area contributed by atoms with Crippen LogP contribution in [0.5, 0.6) is 0 Å². The molecule has 1 aliphatic rings. The lowest BCUT2D eigenvalue weighted by atomic mass is 10.1. The molecule has 0 spiro atoms. The van der Waals surface area contributed by atoms with Gasteiger partial charge in [0, 0.05) is 31.5 Å². The van der Waals surface area contributed by atoms with Crippen LogP contribution in [-0.2, 0) is 26.9 Å². The molecule has 3 rings (SSSR count). The van der Waals surface area contributed by atoms with Crippen LogP contribution in [-0.4, -0.2) is 45.9 Å². The van der Waals surface area contributed by atoms with Gasteiger partial charge in [0.2, 0.25) is 0 Å². The minimum absolute atomic E-state index is 0.0329. The van der Waals surface area contributed by atoms with E-state index in [9.17, 15) is 17.6 Å². The van der Waals surface area contributed by atoms with E-state index >= 15 is 0 Å². The second-order valence-corrected chi connectivity index (χ2v) is 10.0. The van der Waals surface area contributed by atoms with Crippen LogP contribution in [0, 0.1) is 5.82 Å². The minimum atomic E-state index is -3.19. The number of nitrogens with zero attached hydrogens (tertiary/aromatic N) is 1. The molecule has 6 nitrogen and oxygen atoms in total. The number of anilines is 1. The third kappa shape index (κ3) is 6.03. The molecule has 2 unspecified atom stereocenters. The average molecular weight is 435 g/mol. The molecule has 1 amide bonds. The Kier molecular flexibility index (Phi) is 6.77. The molecule has 30 heavy (non-hydrogen) atoms. The number of halogens is 1. The van der Waals surface area contributed by atoms with Gasteiger partial charge in [-0.15, -0.1) is 0 Å². The highest BCUT2D eigenvalue weighted by Gasteiger charge is 2.24. The van der Waals surface area contributed by atoms with E-state index in [1.807, 2.05) is 18.7 Å². The van der Waals surface area contributed by atoms with Crippen molar-refractivity contribution in [3.05, 3.63) is 65.0 Å². The Balaban J connectivity index is 1.64. The van der Waals surface area contributed by atoms with Crippen LogP contribution >= 0.6 is 0 Å². The highest BCUT2D eigenvalue weighted by molar-refractivity contribution is 7.89. The normalized spacial score (nSPS) is 19.5. The first-order valence-electron chi connectivity index (χ1n) is 9.84. The molecule has 0 aromatic heterocycles. The summed E-state index contributed by atoms with van der Waals surface area (Å²) in [5.74, 6) is -0.802. The molecule has 1 saturated heterocycles. The van der Waals surface area contributed by atoms with Crippen LogP contribution in [0.4, 0.5) is 10.1 Å². The van der Waals surface area contributed by atoms with Gasteiger partial charge in [0.05, 0.1) is 23.6 Å². The fourth-order valence-electron chi connectivity index (χ4n) is 3.68. The van der Waals surface area contributed by atoms with Gasteiger partial charge in [-0.05, 0) is 49.2 Å². The molecule has 1 aliphatic heterocycles. The Morgan fingerprint density at radius 2 is 1.83 bits per heavy atom. The largest absolute Gasteiger partial charge is 0.372 e. The lowest BCUT2D eigenvalue weighted by molar-refractivity contribution is -0.00539. The number of rotatable bonds is 6. The van der Waals surface area contributed by atoms with Crippen LogP contribution in [0.25, 0.3) is 0 Å². The number of ether oxygens (including phenoxy) is 1. The van der Waals surface area contributed by atoms with Crippen molar-refractivity contribution in [3.63, 3.8) is 0 Å². The van der Waals surface area contributed by atoms with Crippen LogP contribution in [0.1, 0.15) is 35.3 Å². The molecule has 2 aromatic carbocycles. The van der Waals surface area contributed by atoms with Crippen LogP contribution in [0.15, 0.2) is 42.5 Å². The zero-order valence-corrected chi connectivity index (χ0v) is 18.2. The Hall–Kier alpha value is -2.45. The van der Waals surface area contributed by atoms with E-state index < -0.39 is 9.84 Å². The van der Waals surface area contributed by atoms with E-state index in [0.29, 0.717) is 35.5 Å². The van der Waals surface area contributed by atoms with E-state index in [2.05, 4.69) is 5.32 Å². The average Bonchev–Trinajstić information content (AvgIpc) is 2.64.